The Hall–Kier alpha value is -4.49. The van der Waals surface area contributed by atoms with Crippen LogP contribution in [0, 0.1) is 22.7 Å². The monoisotopic (exact) mass is 448 g/mol. The van der Waals surface area contributed by atoms with Crippen molar-refractivity contribution in [3.05, 3.63) is 95.1 Å². The lowest BCUT2D eigenvalue weighted by Crippen LogP contribution is -2.31. The number of imidazole rings is 1. The second-order valence-electron chi connectivity index (χ2n) is 8.10. The largest absolute Gasteiger partial charge is 0.333 e. The maximum Gasteiger partial charge on any atom is 0.254 e. The van der Waals surface area contributed by atoms with Gasteiger partial charge in [-0.3, -0.25) is 9.78 Å². The Bertz CT molecular complexity index is 1380. The predicted octanol–water partition coefficient (Wildman–Crippen LogP) is 4.18. The van der Waals surface area contributed by atoms with Crippen LogP contribution in [0.2, 0.25) is 0 Å². The van der Waals surface area contributed by atoms with Gasteiger partial charge >= 0.3 is 0 Å². The van der Waals surface area contributed by atoms with Crippen LogP contribution in [0.4, 0.5) is 0 Å². The normalized spacial score (nSPS) is 10.6. The zero-order chi connectivity index (χ0) is 23.9. The average Bonchev–Trinajstić information content (AvgIpc) is 3.20. The molecule has 4 aromatic rings. The molecule has 2 heterocycles. The molecule has 0 bridgehead atoms. The van der Waals surface area contributed by atoms with Crippen molar-refractivity contribution in [1.29, 1.82) is 10.5 Å². The van der Waals surface area contributed by atoms with Gasteiger partial charge in [-0.25, -0.2) is 4.98 Å². The summed E-state index contributed by atoms with van der Waals surface area (Å²) in [6, 6.07) is 21.2. The molecule has 0 aliphatic carbocycles. The molecule has 0 saturated heterocycles. The number of benzene rings is 2. The fraction of sp³-hybridized carbons (Fsp3) is 0.222. The zero-order valence-electron chi connectivity index (χ0n) is 19.0. The minimum absolute atomic E-state index is 0.134. The predicted molar refractivity (Wildman–Crippen MR) is 128 cm³/mol. The maximum atomic E-state index is 13.3. The van der Waals surface area contributed by atoms with E-state index in [0.29, 0.717) is 24.2 Å². The van der Waals surface area contributed by atoms with Gasteiger partial charge in [0.25, 0.3) is 5.91 Å². The van der Waals surface area contributed by atoms with Crippen molar-refractivity contribution < 1.29 is 4.79 Å². The zero-order valence-corrected chi connectivity index (χ0v) is 19.0. The number of amides is 1. The van der Waals surface area contributed by atoms with Gasteiger partial charge in [0.2, 0.25) is 0 Å². The number of nitriles is 2. The van der Waals surface area contributed by atoms with Crippen LogP contribution in [-0.2, 0) is 26.4 Å². The standard InChI is InChI=1S/C27H24N6O/c1-32-25-11-10-23(27(34)33(15-3-13-28)19-22-4-2-14-30-18-22)16-24(25)31-26(32)12-9-20-5-7-21(17-29)8-6-20/h2,4-8,10-11,14,16,18H,3,9,12,15,19H2,1H3. The summed E-state index contributed by atoms with van der Waals surface area (Å²) in [7, 11) is 1.98. The number of nitrogens with zero attached hydrogens (tertiary/aromatic N) is 6. The first-order valence-corrected chi connectivity index (χ1v) is 11.1. The third-order valence-corrected chi connectivity index (χ3v) is 5.82. The molecule has 0 aliphatic rings. The minimum Gasteiger partial charge on any atom is -0.333 e. The average molecular weight is 449 g/mol. The van der Waals surface area contributed by atoms with E-state index in [0.717, 1.165) is 40.8 Å². The van der Waals surface area contributed by atoms with Crippen molar-refractivity contribution in [2.45, 2.75) is 25.8 Å². The van der Waals surface area contributed by atoms with E-state index in [2.05, 4.69) is 21.7 Å². The summed E-state index contributed by atoms with van der Waals surface area (Å²) in [6.07, 6.45) is 5.24. The summed E-state index contributed by atoms with van der Waals surface area (Å²) < 4.78 is 2.05. The summed E-state index contributed by atoms with van der Waals surface area (Å²) in [6.45, 7) is 0.741. The van der Waals surface area contributed by atoms with Crippen molar-refractivity contribution in [2.24, 2.45) is 7.05 Å². The van der Waals surface area contributed by atoms with Gasteiger partial charge in [0.1, 0.15) is 5.82 Å². The van der Waals surface area contributed by atoms with E-state index < -0.39 is 0 Å². The Labute approximate surface area is 198 Å². The van der Waals surface area contributed by atoms with Crippen LogP contribution in [-0.4, -0.2) is 31.9 Å². The lowest BCUT2D eigenvalue weighted by molar-refractivity contribution is 0.0747. The molecular formula is C27H24N6O. The molecule has 0 radical (unpaired) electrons. The van der Waals surface area contributed by atoms with E-state index in [4.69, 9.17) is 15.5 Å². The highest BCUT2D eigenvalue weighted by Gasteiger charge is 2.18. The topological polar surface area (TPSA) is 98.6 Å². The molecule has 34 heavy (non-hydrogen) atoms. The molecule has 0 N–H and O–H groups in total. The quantitative estimate of drug-likeness (QED) is 0.403. The van der Waals surface area contributed by atoms with Crippen LogP contribution in [0.5, 0.6) is 0 Å². The van der Waals surface area contributed by atoms with Gasteiger partial charge in [0.05, 0.1) is 35.2 Å². The summed E-state index contributed by atoms with van der Waals surface area (Å²) in [5.74, 6) is 0.798. The van der Waals surface area contributed by atoms with Crippen molar-refractivity contribution >= 4 is 16.9 Å². The van der Waals surface area contributed by atoms with Gasteiger partial charge in [-0.1, -0.05) is 18.2 Å². The summed E-state index contributed by atoms with van der Waals surface area (Å²) in [5, 5.41) is 18.0. The van der Waals surface area contributed by atoms with Crippen molar-refractivity contribution in [1.82, 2.24) is 19.4 Å². The molecule has 0 fully saturated rings. The number of pyridine rings is 1. The van der Waals surface area contributed by atoms with Crippen molar-refractivity contribution in [2.75, 3.05) is 6.54 Å². The lowest BCUT2D eigenvalue weighted by atomic mass is 10.1. The van der Waals surface area contributed by atoms with E-state index in [1.807, 2.05) is 61.6 Å². The Balaban J connectivity index is 1.53. The first-order chi connectivity index (χ1) is 16.6. The first kappa shape index (κ1) is 22.7. The summed E-state index contributed by atoms with van der Waals surface area (Å²) >= 11 is 0. The summed E-state index contributed by atoms with van der Waals surface area (Å²) in [5.41, 5.74) is 4.98. The number of fused-ring (bicyclic) bond motifs is 1. The van der Waals surface area contributed by atoms with Crippen LogP contribution in [0.15, 0.2) is 67.0 Å². The molecule has 0 aliphatic heterocycles. The van der Waals surface area contributed by atoms with Crippen LogP contribution < -0.4 is 0 Å². The number of hydrogen-bond donors (Lipinski definition) is 0. The molecule has 0 saturated carbocycles. The smallest absolute Gasteiger partial charge is 0.254 e. The molecule has 2 aromatic carbocycles. The first-order valence-electron chi connectivity index (χ1n) is 11.1. The Morgan fingerprint density at radius 3 is 2.59 bits per heavy atom. The van der Waals surface area contributed by atoms with Crippen LogP contribution in [0.3, 0.4) is 0 Å². The third kappa shape index (κ3) is 5.11. The Morgan fingerprint density at radius 1 is 1.06 bits per heavy atom. The number of hydrogen-bond acceptors (Lipinski definition) is 5. The van der Waals surface area contributed by atoms with E-state index in [9.17, 15) is 4.79 Å². The molecule has 0 atom stereocenters. The van der Waals surface area contributed by atoms with Gasteiger partial charge in [-0.05, 0) is 53.9 Å². The van der Waals surface area contributed by atoms with Gasteiger partial charge in [-0.15, -0.1) is 0 Å². The van der Waals surface area contributed by atoms with E-state index in [1.165, 1.54) is 0 Å². The number of aryl methyl sites for hydroxylation is 3. The molecule has 0 spiro atoms. The highest BCUT2D eigenvalue weighted by atomic mass is 16.2. The number of rotatable bonds is 8. The third-order valence-electron chi connectivity index (χ3n) is 5.82. The maximum absolute atomic E-state index is 13.3. The number of carbonyl (C=O) groups is 1. The van der Waals surface area contributed by atoms with Gasteiger partial charge < -0.3 is 9.47 Å². The fourth-order valence-corrected chi connectivity index (χ4v) is 3.94. The molecule has 4 rings (SSSR count). The van der Waals surface area contributed by atoms with E-state index in [1.54, 1.807) is 17.3 Å². The number of aromatic nitrogens is 3. The molecule has 168 valence electrons. The van der Waals surface area contributed by atoms with Crippen LogP contribution in [0.1, 0.15) is 39.3 Å². The molecule has 7 nitrogen and oxygen atoms in total. The lowest BCUT2D eigenvalue weighted by Gasteiger charge is -2.21. The molecular weight excluding hydrogens is 424 g/mol. The second kappa shape index (κ2) is 10.4. The van der Waals surface area contributed by atoms with Crippen molar-refractivity contribution in [3.8, 4) is 12.1 Å². The van der Waals surface area contributed by atoms with Crippen molar-refractivity contribution in [3.63, 3.8) is 0 Å². The molecule has 1 amide bonds. The number of carbonyl (C=O) groups excluding carboxylic acids is 1. The van der Waals surface area contributed by atoms with E-state index in [-0.39, 0.29) is 12.3 Å². The Kier molecular flexibility index (Phi) is 6.95. The SMILES string of the molecule is Cn1c(CCc2ccc(C#N)cc2)nc2cc(C(=O)N(CCC#N)Cc3cccnc3)ccc21. The molecule has 2 aromatic heterocycles. The molecule has 7 heteroatoms. The summed E-state index contributed by atoms with van der Waals surface area (Å²) in [4.78, 5) is 23.9. The highest BCUT2D eigenvalue weighted by Crippen LogP contribution is 2.20. The van der Waals surface area contributed by atoms with Gasteiger partial charge in [0.15, 0.2) is 0 Å². The van der Waals surface area contributed by atoms with E-state index >= 15 is 0 Å². The van der Waals surface area contributed by atoms with Crippen LogP contribution in [0.25, 0.3) is 11.0 Å². The Morgan fingerprint density at radius 2 is 1.88 bits per heavy atom. The van der Waals surface area contributed by atoms with Gasteiger partial charge in [-0.2, -0.15) is 10.5 Å². The second-order valence-corrected chi connectivity index (χ2v) is 8.10. The van der Waals surface area contributed by atoms with Gasteiger partial charge in [0, 0.05) is 44.5 Å². The van der Waals surface area contributed by atoms with Crippen LogP contribution >= 0.6 is 0 Å². The fourth-order valence-electron chi connectivity index (χ4n) is 3.94. The minimum atomic E-state index is -0.134. The molecule has 0 unspecified atom stereocenters. The highest BCUT2D eigenvalue weighted by molar-refractivity contribution is 5.97.